The largest absolute Gasteiger partial charge is 0.375 e. The minimum atomic E-state index is -3.24. The fourth-order valence-electron chi connectivity index (χ4n) is 3.70. The molecule has 2 atom stereocenters. The number of hydrogen-bond donors (Lipinski definition) is 2. The first-order chi connectivity index (χ1) is 12.4. The Kier molecular flexibility index (Phi) is 5.97. The summed E-state index contributed by atoms with van der Waals surface area (Å²) in [4.78, 5) is 12.3. The molecule has 1 aliphatic carbocycles. The average molecular weight is 400 g/mol. The summed E-state index contributed by atoms with van der Waals surface area (Å²) >= 11 is 6.21. The minimum absolute atomic E-state index is 0.0704. The zero-order chi connectivity index (χ0) is 18.7. The van der Waals surface area contributed by atoms with Crippen LogP contribution in [0.15, 0.2) is 18.2 Å². The van der Waals surface area contributed by atoms with Gasteiger partial charge in [0.15, 0.2) is 0 Å². The van der Waals surface area contributed by atoms with Gasteiger partial charge in [0.05, 0.1) is 28.7 Å². The second kappa shape index (κ2) is 8.05. The number of sulfonamides is 1. The van der Waals surface area contributed by atoms with Gasteiger partial charge in [0.25, 0.3) is 0 Å². The molecule has 0 aromatic heterocycles. The molecule has 6 nitrogen and oxygen atoms in total. The summed E-state index contributed by atoms with van der Waals surface area (Å²) in [5, 5.41) is 6.60. The summed E-state index contributed by atoms with van der Waals surface area (Å²) in [6.45, 7) is 2.76. The fraction of sp³-hybridized carbons (Fsp3) is 0.611. The van der Waals surface area contributed by atoms with Crippen molar-refractivity contribution in [3.8, 4) is 0 Å². The van der Waals surface area contributed by atoms with Gasteiger partial charge in [-0.3, -0.25) is 9.10 Å². The van der Waals surface area contributed by atoms with Crippen LogP contribution in [0.3, 0.4) is 0 Å². The molecule has 0 spiro atoms. The first-order valence-electron chi connectivity index (χ1n) is 9.20. The molecular weight excluding hydrogens is 374 g/mol. The lowest BCUT2D eigenvalue weighted by molar-refractivity contribution is -0.120. The normalized spacial score (nSPS) is 25.1. The maximum Gasteiger partial charge on any atom is 0.239 e. The Morgan fingerprint density at radius 2 is 2.04 bits per heavy atom. The van der Waals surface area contributed by atoms with Crippen LogP contribution >= 0.6 is 11.6 Å². The quantitative estimate of drug-likeness (QED) is 0.797. The maximum absolute atomic E-state index is 12.3. The van der Waals surface area contributed by atoms with E-state index in [1.165, 1.54) is 10.7 Å². The molecule has 1 aliphatic heterocycles. The van der Waals surface area contributed by atoms with E-state index in [0.29, 0.717) is 35.3 Å². The van der Waals surface area contributed by atoms with Gasteiger partial charge in [0, 0.05) is 12.6 Å². The number of nitrogens with one attached hydrogen (secondary N) is 2. The van der Waals surface area contributed by atoms with Crippen LogP contribution < -0.4 is 14.9 Å². The molecule has 0 bridgehead atoms. The molecule has 26 heavy (non-hydrogen) atoms. The molecule has 1 aromatic carbocycles. The van der Waals surface area contributed by atoms with Crippen LogP contribution in [0.25, 0.3) is 0 Å². The molecule has 1 saturated carbocycles. The number of carbonyl (C=O) groups excluding carboxylic acids is 1. The predicted octanol–water partition coefficient (Wildman–Crippen LogP) is 2.99. The van der Waals surface area contributed by atoms with E-state index >= 15 is 0 Å². The van der Waals surface area contributed by atoms with E-state index in [1.807, 2.05) is 0 Å². The lowest BCUT2D eigenvalue weighted by Gasteiger charge is -2.29. The van der Waals surface area contributed by atoms with Gasteiger partial charge in [0.1, 0.15) is 0 Å². The van der Waals surface area contributed by atoms with Gasteiger partial charge in [-0.2, -0.15) is 0 Å². The van der Waals surface area contributed by atoms with E-state index in [9.17, 15) is 13.2 Å². The minimum Gasteiger partial charge on any atom is -0.375 e. The second-order valence-electron chi connectivity index (χ2n) is 7.20. The molecule has 3 rings (SSSR count). The third-order valence-corrected chi connectivity index (χ3v) is 7.43. The summed E-state index contributed by atoms with van der Waals surface area (Å²) < 4.78 is 25.6. The second-order valence-corrected chi connectivity index (χ2v) is 9.62. The Labute approximate surface area is 160 Å². The highest BCUT2D eigenvalue weighted by atomic mass is 35.5. The highest BCUT2D eigenvalue weighted by Crippen LogP contribution is 2.31. The third-order valence-electron chi connectivity index (χ3n) is 5.23. The van der Waals surface area contributed by atoms with Crippen LogP contribution in [0.5, 0.6) is 0 Å². The van der Waals surface area contributed by atoms with Crippen molar-refractivity contribution in [1.29, 1.82) is 0 Å². The van der Waals surface area contributed by atoms with Crippen LogP contribution in [0, 0.1) is 5.92 Å². The summed E-state index contributed by atoms with van der Waals surface area (Å²) in [5.74, 6) is 0.597. The third kappa shape index (κ3) is 4.43. The standard InChI is InChI=1S/C18H26ClN3O3S/c1-13-5-2-3-6-16(13)21-18(23)12-20-17-11-14(7-8-15(17)19)22-9-4-10-26(22,24)25/h7-8,11,13,16,20H,2-6,9-10,12H2,1H3,(H,21,23)/t13-,16+/m0/s1. The number of carbonyl (C=O) groups is 1. The van der Waals surface area contributed by atoms with Crippen molar-refractivity contribution in [2.75, 3.05) is 28.5 Å². The molecular formula is C18H26ClN3O3S. The van der Waals surface area contributed by atoms with Crippen molar-refractivity contribution in [1.82, 2.24) is 5.32 Å². The van der Waals surface area contributed by atoms with Crippen molar-refractivity contribution in [3.05, 3.63) is 23.2 Å². The number of amides is 1. The zero-order valence-corrected chi connectivity index (χ0v) is 16.6. The fourth-order valence-corrected chi connectivity index (χ4v) is 5.44. The predicted molar refractivity (Wildman–Crippen MR) is 105 cm³/mol. The number of nitrogens with zero attached hydrogens (tertiary/aromatic N) is 1. The van der Waals surface area contributed by atoms with Gasteiger partial charge in [-0.15, -0.1) is 0 Å². The maximum atomic E-state index is 12.3. The first kappa shape index (κ1) is 19.3. The molecule has 1 amide bonds. The molecule has 2 N–H and O–H groups in total. The topological polar surface area (TPSA) is 78.5 Å². The molecule has 1 saturated heterocycles. The Hall–Kier alpha value is -1.47. The van der Waals surface area contributed by atoms with Gasteiger partial charge in [-0.25, -0.2) is 8.42 Å². The van der Waals surface area contributed by atoms with Crippen molar-refractivity contribution in [2.24, 2.45) is 5.92 Å². The number of anilines is 2. The molecule has 0 radical (unpaired) electrons. The number of hydrogen-bond acceptors (Lipinski definition) is 4. The summed E-state index contributed by atoms with van der Waals surface area (Å²) in [6.07, 6.45) is 5.18. The van der Waals surface area contributed by atoms with Crippen molar-refractivity contribution >= 4 is 38.9 Å². The smallest absolute Gasteiger partial charge is 0.239 e. The first-order valence-corrected chi connectivity index (χ1v) is 11.2. The highest BCUT2D eigenvalue weighted by Gasteiger charge is 2.29. The molecule has 144 valence electrons. The van der Waals surface area contributed by atoms with Crippen LogP contribution in [-0.2, 0) is 14.8 Å². The lowest BCUT2D eigenvalue weighted by atomic mass is 9.86. The lowest BCUT2D eigenvalue weighted by Crippen LogP contribution is -2.43. The van der Waals surface area contributed by atoms with Gasteiger partial charge in [0.2, 0.25) is 15.9 Å². The molecule has 1 heterocycles. The van der Waals surface area contributed by atoms with Crippen LogP contribution in [0.2, 0.25) is 5.02 Å². The van der Waals surface area contributed by atoms with E-state index < -0.39 is 10.0 Å². The number of rotatable bonds is 5. The summed E-state index contributed by atoms with van der Waals surface area (Å²) in [5.41, 5.74) is 1.15. The SMILES string of the molecule is C[C@H]1CCCC[C@H]1NC(=O)CNc1cc(N2CCCS2(=O)=O)ccc1Cl. The summed E-state index contributed by atoms with van der Waals surface area (Å²) in [7, 11) is -3.24. The van der Waals surface area contributed by atoms with Gasteiger partial charge in [-0.05, 0) is 43.4 Å². The number of benzene rings is 1. The van der Waals surface area contributed by atoms with E-state index in [4.69, 9.17) is 11.6 Å². The monoisotopic (exact) mass is 399 g/mol. The van der Waals surface area contributed by atoms with Gasteiger partial charge < -0.3 is 10.6 Å². The molecule has 8 heteroatoms. The summed E-state index contributed by atoms with van der Waals surface area (Å²) in [6, 6.07) is 5.28. The van der Waals surface area contributed by atoms with Gasteiger partial charge >= 0.3 is 0 Å². The average Bonchev–Trinajstić information content (AvgIpc) is 2.95. The van der Waals surface area contributed by atoms with E-state index in [2.05, 4.69) is 17.6 Å². The molecule has 1 aromatic rings. The van der Waals surface area contributed by atoms with Crippen LogP contribution in [0.1, 0.15) is 39.0 Å². The van der Waals surface area contributed by atoms with Crippen molar-refractivity contribution in [2.45, 2.75) is 45.1 Å². The highest BCUT2D eigenvalue weighted by molar-refractivity contribution is 7.93. The van der Waals surface area contributed by atoms with Gasteiger partial charge in [-0.1, -0.05) is 31.4 Å². The van der Waals surface area contributed by atoms with Crippen molar-refractivity contribution < 1.29 is 13.2 Å². The van der Waals surface area contributed by atoms with E-state index in [-0.39, 0.29) is 24.2 Å². The van der Waals surface area contributed by atoms with Crippen LogP contribution in [0.4, 0.5) is 11.4 Å². The van der Waals surface area contributed by atoms with E-state index in [1.54, 1.807) is 18.2 Å². The Morgan fingerprint density at radius 1 is 1.27 bits per heavy atom. The Morgan fingerprint density at radius 3 is 2.73 bits per heavy atom. The number of halogens is 1. The van der Waals surface area contributed by atoms with E-state index in [0.717, 1.165) is 19.3 Å². The Bertz CT molecular complexity index is 769. The molecule has 0 unspecified atom stereocenters. The zero-order valence-electron chi connectivity index (χ0n) is 15.0. The molecule has 2 aliphatic rings. The van der Waals surface area contributed by atoms with Crippen LogP contribution in [-0.4, -0.2) is 39.2 Å². The Balaban J connectivity index is 1.62. The van der Waals surface area contributed by atoms with Crippen molar-refractivity contribution in [3.63, 3.8) is 0 Å². The molecule has 2 fully saturated rings.